The Bertz CT molecular complexity index is 1250. The van der Waals surface area contributed by atoms with E-state index < -0.39 is 0 Å². The summed E-state index contributed by atoms with van der Waals surface area (Å²) >= 11 is 0. The Balaban J connectivity index is 1.58. The van der Waals surface area contributed by atoms with Crippen LogP contribution in [-0.2, 0) is 4.74 Å². The predicted molar refractivity (Wildman–Crippen MR) is 127 cm³/mol. The second-order valence-electron chi connectivity index (χ2n) is 8.55. The molecule has 5 rings (SSSR count). The van der Waals surface area contributed by atoms with E-state index in [1.54, 1.807) is 12.1 Å². The van der Waals surface area contributed by atoms with E-state index in [-0.39, 0.29) is 11.9 Å². The van der Waals surface area contributed by atoms with Gasteiger partial charge >= 0.3 is 0 Å². The minimum absolute atomic E-state index is 0.0981. The first-order valence-electron chi connectivity index (χ1n) is 11.3. The number of fused-ring (bicyclic) bond motifs is 1. The molecule has 0 spiro atoms. The third-order valence-corrected chi connectivity index (χ3v) is 6.21. The summed E-state index contributed by atoms with van der Waals surface area (Å²) in [5.41, 5.74) is 4.66. The highest BCUT2D eigenvalue weighted by molar-refractivity contribution is 5.96. The van der Waals surface area contributed by atoms with Crippen LogP contribution >= 0.6 is 0 Å². The summed E-state index contributed by atoms with van der Waals surface area (Å²) in [4.78, 5) is 0. The lowest BCUT2D eigenvalue weighted by atomic mass is 9.91. The molecule has 2 aromatic carbocycles. The Morgan fingerprint density at radius 1 is 0.879 bits per heavy atom. The van der Waals surface area contributed by atoms with Crippen LogP contribution in [0.5, 0.6) is 0 Å². The van der Waals surface area contributed by atoms with Crippen molar-refractivity contribution in [3.8, 4) is 11.1 Å². The lowest BCUT2D eigenvalue weighted by Crippen LogP contribution is -2.17. The summed E-state index contributed by atoms with van der Waals surface area (Å²) in [6.45, 7) is 5.43. The van der Waals surface area contributed by atoms with E-state index in [1.807, 2.05) is 26.0 Å². The maximum absolute atomic E-state index is 13.5. The molecule has 7 heteroatoms. The third kappa shape index (κ3) is 4.54. The normalized spacial score (nSPS) is 15.5. The summed E-state index contributed by atoms with van der Waals surface area (Å²) in [6.07, 6.45) is 1.87. The molecular formula is C26H26FN5O. The van der Waals surface area contributed by atoms with Crippen molar-refractivity contribution in [2.45, 2.75) is 38.6 Å². The van der Waals surface area contributed by atoms with Gasteiger partial charge in [0.25, 0.3) is 0 Å². The summed E-state index contributed by atoms with van der Waals surface area (Å²) < 4.78 is 19.0. The quantitative estimate of drug-likeness (QED) is 0.433. The number of ether oxygens (including phenoxy) is 1. The van der Waals surface area contributed by atoms with Crippen molar-refractivity contribution >= 4 is 16.6 Å². The third-order valence-electron chi connectivity index (χ3n) is 6.21. The fourth-order valence-electron chi connectivity index (χ4n) is 4.30. The van der Waals surface area contributed by atoms with Gasteiger partial charge in [-0.15, -0.1) is 5.10 Å². The highest BCUT2D eigenvalue weighted by Crippen LogP contribution is 2.36. The van der Waals surface area contributed by atoms with Gasteiger partial charge in [-0.3, -0.25) is 0 Å². The largest absolute Gasteiger partial charge is 0.381 e. The number of hydrogen-bond donors (Lipinski definition) is 1. The highest BCUT2D eigenvalue weighted by Gasteiger charge is 2.22. The number of aromatic nitrogens is 4. The van der Waals surface area contributed by atoms with E-state index in [4.69, 9.17) is 4.74 Å². The molecule has 0 unspecified atom stereocenters. The van der Waals surface area contributed by atoms with Crippen molar-refractivity contribution in [3.63, 3.8) is 0 Å². The van der Waals surface area contributed by atoms with E-state index in [0.717, 1.165) is 65.0 Å². The van der Waals surface area contributed by atoms with Crippen molar-refractivity contribution in [2.75, 3.05) is 18.5 Å². The number of nitrogens with one attached hydrogen (secondary N) is 1. The lowest BCUT2D eigenvalue weighted by Gasteiger charge is -2.23. The van der Waals surface area contributed by atoms with Gasteiger partial charge in [0.15, 0.2) is 5.82 Å². The number of aryl methyl sites for hydroxylation is 1. The predicted octanol–water partition coefficient (Wildman–Crippen LogP) is 5.60. The van der Waals surface area contributed by atoms with Gasteiger partial charge in [0, 0.05) is 29.9 Å². The molecule has 1 saturated heterocycles. The molecular weight excluding hydrogens is 417 g/mol. The SMILES string of the molecule is Cc1ccc([C@@H](C)Nc2nnc(C3CCOCC3)c3ccc(-c4ccc(F)cc4)cc23)nn1. The zero-order valence-electron chi connectivity index (χ0n) is 18.8. The van der Waals surface area contributed by atoms with Crippen LogP contribution in [0.1, 0.15) is 48.8 Å². The zero-order chi connectivity index (χ0) is 22.8. The van der Waals surface area contributed by atoms with E-state index in [1.165, 1.54) is 12.1 Å². The van der Waals surface area contributed by atoms with Gasteiger partial charge in [-0.1, -0.05) is 24.3 Å². The summed E-state index contributed by atoms with van der Waals surface area (Å²) in [6, 6.07) is 16.7. The lowest BCUT2D eigenvalue weighted by molar-refractivity contribution is 0.0846. The zero-order valence-corrected chi connectivity index (χ0v) is 18.8. The monoisotopic (exact) mass is 443 g/mol. The van der Waals surface area contributed by atoms with Crippen LogP contribution in [0.2, 0.25) is 0 Å². The first-order chi connectivity index (χ1) is 16.1. The van der Waals surface area contributed by atoms with Gasteiger partial charge in [0.05, 0.1) is 23.1 Å². The van der Waals surface area contributed by atoms with Crippen LogP contribution < -0.4 is 5.32 Å². The van der Waals surface area contributed by atoms with Gasteiger partial charge in [-0.2, -0.15) is 15.3 Å². The van der Waals surface area contributed by atoms with Crippen LogP contribution in [0.15, 0.2) is 54.6 Å². The van der Waals surface area contributed by atoms with Crippen molar-refractivity contribution in [2.24, 2.45) is 0 Å². The van der Waals surface area contributed by atoms with Gasteiger partial charge in [0.1, 0.15) is 5.82 Å². The first kappa shape index (κ1) is 21.4. The van der Waals surface area contributed by atoms with Gasteiger partial charge in [0.2, 0.25) is 0 Å². The van der Waals surface area contributed by atoms with Crippen LogP contribution in [-0.4, -0.2) is 33.6 Å². The molecule has 4 aromatic rings. The number of hydrogen-bond acceptors (Lipinski definition) is 6. The molecule has 0 amide bonds. The molecule has 0 aliphatic carbocycles. The van der Waals surface area contributed by atoms with Crippen molar-refractivity contribution < 1.29 is 9.13 Å². The Labute approximate surface area is 192 Å². The maximum Gasteiger partial charge on any atom is 0.157 e. The Morgan fingerprint density at radius 2 is 1.64 bits per heavy atom. The molecule has 1 atom stereocenters. The fraction of sp³-hybridized carbons (Fsp3) is 0.308. The van der Waals surface area contributed by atoms with Crippen molar-refractivity contribution in [1.29, 1.82) is 0 Å². The molecule has 1 aliphatic rings. The topological polar surface area (TPSA) is 72.8 Å². The molecule has 33 heavy (non-hydrogen) atoms. The molecule has 3 heterocycles. The molecule has 168 valence electrons. The second-order valence-corrected chi connectivity index (χ2v) is 8.55. The average Bonchev–Trinajstić information content (AvgIpc) is 2.85. The van der Waals surface area contributed by atoms with Crippen molar-refractivity contribution in [1.82, 2.24) is 20.4 Å². The molecule has 0 bridgehead atoms. The fourth-order valence-corrected chi connectivity index (χ4v) is 4.30. The molecule has 0 radical (unpaired) electrons. The molecule has 1 aliphatic heterocycles. The number of nitrogens with zero attached hydrogens (tertiary/aromatic N) is 4. The van der Waals surface area contributed by atoms with E-state index in [0.29, 0.717) is 11.7 Å². The van der Waals surface area contributed by atoms with Gasteiger partial charge < -0.3 is 10.1 Å². The standard InChI is InChI=1S/C26H26FN5O/c1-16-3-10-24(30-29-16)17(2)28-26-23-15-20(18-4-7-21(27)8-5-18)6-9-22(23)25(31-32-26)19-11-13-33-14-12-19/h3-10,15,17,19H,11-14H2,1-2H3,(H,28,32)/t17-/m1/s1. The molecule has 1 fully saturated rings. The van der Waals surface area contributed by atoms with Crippen LogP contribution in [0.3, 0.4) is 0 Å². The van der Waals surface area contributed by atoms with E-state index >= 15 is 0 Å². The number of anilines is 1. The number of rotatable bonds is 5. The number of benzene rings is 2. The Kier molecular flexibility index (Phi) is 5.96. The Morgan fingerprint density at radius 3 is 2.36 bits per heavy atom. The van der Waals surface area contributed by atoms with Crippen LogP contribution in [0.4, 0.5) is 10.2 Å². The van der Waals surface area contributed by atoms with Gasteiger partial charge in [-0.25, -0.2) is 4.39 Å². The minimum atomic E-state index is -0.248. The molecule has 6 nitrogen and oxygen atoms in total. The minimum Gasteiger partial charge on any atom is -0.381 e. The summed E-state index contributed by atoms with van der Waals surface area (Å²) in [7, 11) is 0. The van der Waals surface area contributed by atoms with Crippen LogP contribution in [0, 0.1) is 12.7 Å². The second kappa shape index (κ2) is 9.19. The molecule has 2 aromatic heterocycles. The highest BCUT2D eigenvalue weighted by atomic mass is 19.1. The van der Waals surface area contributed by atoms with Crippen LogP contribution in [0.25, 0.3) is 21.9 Å². The molecule has 1 N–H and O–H groups in total. The average molecular weight is 444 g/mol. The van der Waals surface area contributed by atoms with Crippen molar-refractivity contribution in [3.05, 3.63) is 77.5 Å². The van der Waals surface area contributed by atoms with E-state index in [9.17, 15) is 4.39 Å². The summed E-state index contributed by atoms with van der Waals surface area (Å²) in [5, 5.41) is 23.3. The summed E-state index contributed by atoms with van der Waals surface area (Å²) in [5.74, 6) is 0.766. The first-order valence-corrected chi connectivity index (χ1v) is 11.3. The maximum atomic E-state index is 13.5. The van der Waals surface area contributed by atoms with Gasteiger partial charge in [-0.05, 0) is 68.1 Å². The Hall–Kier alpha value is -3.45. The number of halogens is 1. The smallest absolute Gasteiger partial charge is 0.157 e. The van der Waals surface area contributed by atoms with E-state index in [2.05, 4.69) is 43.9 Å². The molecule has 0 saturated carbocycles.